The number of nitrogens with two attached hydrogens (primary N) is 1. The summed E-state index contributed by atoms with van der Waals surface area (Å²) in [4.78, 5) is 21.4. The number of rotatable bonds is 2. The summed E-state index contributed by atoms with van der Waals surface area (Å²) in [6.07, 6.45) is 2.85. The molecule has 0 aromatic carbocycles. The van der Waals surface area contributed by atoms with Crippen molar-refractivity contribution in [3.8, 4) is 0 Å². The second-order valence-corrected chi connectivity index (χ2v) is 3.22. The van der Waals surface area contributed by atoms with E-state index in [1.165, 1.54) is 0 Å². The van der Waals surface area contributed by atoms with Crippen LogP contribution in [0.1, 0.15) is 25.7 Å². The van der Waals surface area contributed by atoms with Gasteiger partial charge in [-0.05, 0) is 12.8 Å². The number of carboxylic acids is 1. The molecule has 1 amide bonds. The highest BCUT2D eigenvalue weighted by Crippen LogP contribution is 2.29. The Bertz CT molecular complexity index is 180. The maximum atomic E-state index is 10.8. The van der Waals surface area contributed by atoms with E-state index in [0.717, 1.165) is 12.8 Å². The molecule has 2 N–H and O–H groups in total. The molecule has 0 radical (unpaired) electrons. The second kappa shape index (κ2) is 3.56. The second-order valence-electron chi connectivity index (χ2n) is 3.22. The molecule has 0 spiro atoms. The minimum atomic E-state index is -1.14. The highest BCUT2D eigenvalue weighted by Gasteiger charge is 2.29. The molecule has 0 aromatic rings. The van der Waals surface area contributed by atoms with Gasteiger partial charge in [-0.2, -0.15) is 0 Å². The van der Waals surface area contributed by atoms with Gasteiger partial charge in [0.15, 0.2) is 0 Å². The first-order chi connectivity index (χ1) is 5.63. The number of hydrogen-bond acceptors (Lipinski definition) is 3. The first kappa shape index (κ1) is 9.03. The van der Waals surface area contributed by atoms with Crippen LogP contribution < -0.4 is 10.8 Å². The largest absolute Gasteiger partial charge is 0.550 e. The maximum absolute atomic E-state index is 10.8. The third-order valence-electron chi connectivity index (χ3n) is 2.43. The van der Waals surface area contributed by atoms with E-state index in [9.17, 15) is 14.7 Å². The van der Waals surface area contributed by atoms with Gasteiger partial charge in [-0.25, -0.2) is 0 Å². The molecule has 12 heavy (non-hydrogen) atoms. The third-order valence-corrected chi connectivity index (χ3v) is 2.43. The fourth-order valence-electron chi connectivity index (χ4n) is 1.75. The van der Waals surface area contributed by atoms with Crippen molar-refractivity contribution in [2.75, 3.05) is 0 Å². The Morgan fingerprint density at radius 1 is 1.17 bits per heavy atom. The predicted octanol–water partition coefficient (Wildman–Crippen LogP) is -0.972. The van der Waals surface area contributed by atoms with Crippen LogP contribution in [0.15, 0.2) is 0 Å². The number of amides is 1. The van der Waals surface area contributed by atoms with Crippen LogP contribution in [0.5, 0.6) is 0 Å². The van der Waals surface area contributed by atoms with Crippen LogP contribution in [0, 0.1) is 11.8 Å². The van der Waals surface area contributed by atoms with E-state index in [2.05, 4.69) is 0 Å². The van der Waals surface area contributed by atoms with E-state index in [1.54, 1.807) is 0 Å². The molecule has 68 valence electrons. The molecule has 2 atom stereocenters. The van der Waals surface area contributed by atoms with E-state index in [1.807, 2.05) is 0 Å². The van der Waals surface area contributed by atoms with Gasteiger partial charge >= 0.3 is 0 Å². The molecule has 0 aromatic heterocycles. The molecule has 1 saturated carbocycles. The van der Waals surface area contributed by atoms with Gasteiger partial charge in [-0.15, -0.1) is 0 Å². The summed E-state index contributed by atoms with van der Waals surface area (Å²) in [5.41, 5.74) is 5.07. The summed E-state index contributed by atoms with van der Waals surface area (Å²) < 4.78 is 0. The van der Waals surface area contributed by atoms with Gasteiger partial charge in [0, 0.05) is 17.8 Å². The lowest BCUT2D eigenvalue weighted by atomic mass is 9.79. The Morgan fingerprint density at radius 2 is 1.67 bits per heavy atom. The Hall–Kier alpha value is -1.06. The average Bonchev–Trinajstić information content (AvgIpc) is 2.04. The topological polar surface area (TPSA) is 83.2 Å². The molecule has 4 heteroatoms. The van der Waals surface area contributed by atoms with E-state index in [4.69, 9.17) is 5.73 Å². The fraction of sp³-hybridized carbons (Fsp3) is 0.750. The summed E-state index contributed by atoms with van der Waals surface area (Å²) >= 11 is 0. The van der Waals surface area contributed by atoms with Crippen molar-refractivity contribution in [1.29, 1.82) is 0 Å². The lowest BCUT2D eigenvalue weighted by Gasteiger charge is -2.29. The van der Waals surface area contributed by atoms with Crippen LogP contribution in [0.25, 0.3) is 0 Å². The van der Waals surface area contributed by atoms with E-state index in [0.29, 0.717) is 12.8 Å². The van der Waals surface area contributed by atoms with Crippen LogP contribution in [-0.2, 0) is 9.59 Å². The summed E-state index contributed by atoms with van der Waals surface area (Å²) in [6, 6.07) is 0. The van der Waals surface area contributed by atoms with Crippen molar-refractivity contribution < 1.29 is 14.7 Å². The zero-order chi connectivity index (χ0) is 9.14. The number of carbonyl (C=O) groups is 2. The smallest absolute Gasteiger partial charge is 0.221 e. The van der Waals surface area contributed by atoms with E-state index in [-0.39, 0.29) is 0 Å². The molecular weight excluding hydrogens is 158 g/mol. The standard InChI is InChI=1S/C8H13NO3/c9-7(10)5-3-1-2-4-6(5)8(11)12/h5-6H,1-4H2,(H2,9,10)(H,11,12)/p-1/t5-,6+/m0/s1. The maximum Gasteiger partial charge on any atom is 0.221 e. The Kier molecular flexibility index (Phi) is 2.68. The molecule has 0 heterocycles. The van der Waals surface area contributed by atoms with Crippen LogP contribution in [0.2, 0.25) is 0 Å². The van der Waals surface area contributed by atoms with E-state index >= 15 is 0 Å². The summed E-state index contributed by atoms with van der Waals surface area (Å²) in [6.45, 7) is 0. The van der Waals surface area contributed by atoms with Crippen molar-refractivity contribution in [2.24, 2.45) is 17.6 Å². The van der Waals surface area contributed by atoms with Gasteiger partial charge in [0.25, 0.3) is 0 Å². The minimum Gasteiger partial charge on any atom is -0.550 e. The Labute approximate surface area is 70.7 Å². The first-order valence-electron chi connectivity index (χ1n) is 4.13. The number of aliphatic carboxylic acids is 1. The molecule has 1 rings (SSSR count). The molecule has 0 unspecified atom stereocenters. The molecule has 4 nitrogen and oxygen atoms in total. The molecule has 0 saturated heterocycles. The van der Waals surface area contributed by atoms with Gasteiger partial charge < -0.3 is 15.6 Å². The van der Waals surface area contributed by atoms with Crippen LogP contribution in [-0.4, -0.2) is 11.9 Å². The predicted molar refractivity (Wildman–Crippen MR) is 39.6 cm³/mol. The number of hydrogen-bond donors (Lipinski definition) is 1. The SMILES string of the molecule is NC(=O)[C@H]1CCCC[C@H]1C(=O)[O-]. The van der Waals surface area contributed by atoms with Crippen LogP contribution >= 0.6 is 0 Å². The molecule has 0 aliphatic heterocycles. The monoisotopic (exact) mass is 170 g/mol. The zero-order valence-electron chi connectivity index (χ0n) is 6.79. The van der Waals surface area contributed by atoms with Gasteiger partial charge in [0.05, 0.1) is 0 Å². The first-order valence-corrected chi connectivity index (χ1v) is 4.13. The third kappa shape index (κ3) is 1.75. The fourth-order valence-corrected chi connectivity index (χ4v) is 1.75. The molecule has 1 fully saturated rings. The Balaban J connectivity index is 2.67. The van der Waals surface area contributed by atoms with Gasteiger partial charge in [-0.1, -0.05) is 12.8 Å². The van der Waals surface area contributed by atoms with Crippen molar-refractivity contribution in [2.45, 2.75) is 25.7 Å². The highest BCUT2D eigenvalue weighted by atomic mass is 16.4. The summed E-state index contributed by atoms with van der Waals surface area (Å²) in [5.74, 6) is -2.82. The van der Waals surface area contributed by atoms with Gasteiger partial charge in [0.2, 0.25) is 5.91 Å². The number of primary amides is 1. The van der Waals surface area contributed by atoms with Crippen molar-refractivity contribution in [1.82, 2.24) is 0 Å². The van der Waals surface area contributed by atoms with E-state index < -0.39 is 23.7 Å². The van der Waals surface area contributed by atoms with Gasteiger partial charge in [-0.3, -0.25) is 4.79 Å². The lowest BCUT2D eigenvalue weighted by molar-refractivity contribution is -0.313. The average molecular weight is 170 g/mol. The normalized spacial score (nSPS) is 29.7. The molecule has 1 aliphatic rings. The molecule has 0 bridgehead atoms. The minimum absolute atomic E-state index is 0.510. The lowest BCUT2D eigenvalue weighted by Crippen LogP contribution is -2.42. The van der Waals surface area contributed by atoms with Gasteiger partial charge in [0.1, 0.15) is 0 Å². The highest BCUT2D eigenvalue weighted by molar-refractivity contribution is 5.82. The van der Waals surface area contributed by atoms with Crippen molar-refractivity contribution in [3.05, 3.63) is 0 Å². The van der Waals surface area contributed by atoms with Crippen LogP contribution in [0.3, 0.4) is 0 Å². The molecule has 1 aliphatic carbocycles. The number of carbonyl (C=O) groups excluding carboxylic acids is 2. The van der Waals surface area contributed by atoms with Crippen molar-refractivity contribution >= 4 is 11.9 Å². The quantitative estimate of drug-likeness (QED) is 0.578. The number of carboxylic acid groups (broad SMARTS) is 1. The summed E-state index contributed by atoms with van der Waals surface area (Å²) in [7, 11) is 0. The zero-order valence-corrected chi connectivity index (χ0v) is 6.79. The van der Waals surface area contributed by atoms with Crippen LogP contribution in [0.4, 0.5) is 0 Å². The van der Waals surface area contributed by atoms with Crippen molar-refractivity contribution in [3.63, 3.8) is 0 Å². The molecular formula is C8H12NO3-. The Morgan fingerprint density at radius 3 is 2.00 bits per heavy atom. The summed E-state index contributed by atoms with van der Waals surface area (Å²) in [5, 5.41) is 10.6.